The first-order valence-electron chi connectivity index (χ1n) is 7.45. The molecule has 0 aliphatic rings. The van der Waals surface area contributed by atoms with Crippen molar-refractivity contribution < 1.29 is 19.1 Å². The summed E-state index contributed by atoms with van der Waals surface area (Å²) in [6.45, 7) is 0. The number of halogens is 1. The largest absolute Gasteiger partial charge is 0.451 e. The van der Waals surface area contributed by atoms with E-state index < -0.39 is 15.8 Å². The fourth-order valence-corrected chi connectivity index (χ4v) is 2.51. The second-order valence-electron chi connectivity index (χ2n) is 5.35. The van der Waals surface area contributed by atoms with Crippen molar-refractivity contribution in [3.8, 4) is 11.3 Å². The van der Waals surface area contributed by atoms with Gasteiger partial charge in [-0.05, 0) is 18.2 Å². The predicted octanol–water partition coefficient (Wildman–Crippen LogP) is 4.67. The van der Waals surface area contributed by atoms with Crippen molar-refractivity contribution in [3.05, 3.63) is 85.6 Å². The van der Waals surface area contributed by atoms with Crippen molar-refractivity contribution >= 4 is 34.6 Å². The zero-order valence-corrected chi connectivity index (χ0v) is 14.2. The van der Waals surface area contributed by atoms with Crippen LogP contribution in [0.1, 0.15) is 10.6 Å². The monoisotopic (exact) mass is 387 g/mol. The van der Waals surface area contributed by atoms with Crippen LogP contribution in [0.3, 0.4) is 0 Å². The first kappa shape index (κ1) is 18.1. The smallest absolute Gasteiger partial charge is 0.291 e. The number of nitrogens with zero attached hydrogens (tertiary/aromatic N) is 2. The van der Waals surface area contributed by atoms with Gasteiger partial charge in [-0.15, -0.1) is 0 Å². The maximum absolute atomic E-state index is 12.3. The molecule has 136 valence electrons. The molecule has 2 aromatic carbocycles. The lowest BCUT2D eigenvalue weighted by molar-refractivity contribution is -0.385. The average Bonchev–Trinajstić information content (AvgIpc) is 3.13. The highest BCUT2D eigenvalue weighted by Gasteiger charge is 2.17. The molecular formula is C17H10ClN3O6. The van der Waals surface area contributed by atoms with E-state index in [-0.39, 0.29) is 33.6 Å². The Labute approximate surface area is 156 Å². The van der Waals surface area contributed by atoms with Gasteiger partial charge >= 0.3 is 0 Å². The highest BCUT2D eigenvalue weighted by atomic mass is 35.5. The van der Waals surface area contributed by atoms with E-state index >= 15 is 0 Å². The van der Waals surface area contributed by atoms with Gasteiger partial charge in [0.2, 0.25) is 0 Å². The van der Waals surface area contributed by atoms with Crippen molar-refractivity contribution in [2.45, 2.75) is 0 Å². The highest BCUT2D eigenvalue weighted by Crippen LogP contribution is 2.29. The predicted molar refractivity (Wildman–Crippen MR) is 96.9 cm³/mol. The van der Waals surface area contributed by atoms with Crippen LogP contribution < -0.4 is 5.32 Å². The lowest BCUT2D eigenvalue weighted by Gasteiger charge is -2.05. The van der Waals surface area contributed by atoms with Gasteiger partial charge in [0.1, 0.15) is 5.76 Å². The van der Waals surface area contributed by atoms with Crippen LogP contribution in [-0.2, 0) is 0 Å². The molecule has 1 N–H and O–H groups in total. The zero-order valence-electron chi connectivity index (χ0n) is 13.4. The first-order valence-corrected chi connectivity index (χ1v) is 7.83. The topological polar surface area (TPSA) is 129 Å². The maximum Gasteiger partial charge on any atom is 0.291 e. The number of furan rings is 1. The summed E-state index contributed by atoms with van der Waals surface area (Å²) in [5.41, 5.74) is 0.314. The van der Waals surface area contributed by atoms with Gasteiger partial charge in [0.25, 0.3) is 17.3 Å². The summed E-state index contributed by atoms with van der Waals surface area (Å²) in [4.78, 5) is 32.7. The van der Waals surface area contributed by atoms with Crippen molar-refractivity contribution in [2.24, 2.45) is 0 Å². The Morgan fingerprint density at radius 1 is 0.963 bits per heavy atom. The van der Waals surface area contributed by atoms with Crippen LogP contribution in [0.15, 0.2) is 59.0 Å². The van der Waals surface area contributed by atoms with Crippen LogP contribution in [0, 0.1) is 20.2 Å². The van der Waals surface area contributed by atoms with Gasteiger partial charge in [-0.3, -0.25) is 25.0 Å². The van der Waals surface area contributed by atoms with Crippen molar-refractivity contribution in [3.63, 3.8) is 0 Å². The van der Waals surface area contributed by atoms with E-state index in [1.54, 1.807) is 6.07 Å². The van der Waals surface area contributed by atoms with Gasteiger partial charge in [-0.1, -0.05) is 23.7 Å². The minimum atomic E-state index is -0.623. The number of carbonyl (C=O) groups excluding carboxylic acids is 1. The fraction of sp³-hybridized carbons (Fsp3) is 0. The standard InChI is InChI=1S/C17H10ClN3O6/c18-13-9-12(21(25)26)4-5-14(13)19-17(22)16-7-6-15(27-16)10-2-1-3-11(8-10)20(23)24/h1-9H,(H,19,22). The molecule has 10 heteroatoms. The molecule has 27 heavy (non-hydrogen) atoms. The minimum Gasteiger partial charge on any atom is -0.451 e. The summed E-state index contributed by atoms with van der Waals surface area (Å²) in [5.74, 6) is -0.396. The molecule has 0 radical (unpaired) electrons. The van der Waals surface area contributed by atoms with Crippen molar-refractivity contribution in [1.82, 2.24) is 0 Å². The number of nitro benzene ring substituents is 2. The maximum atomic E-state index is 12.3. The van der Waals surface area contributed by atoms with Crippen LogP contribution in [-0.4, -0.2) is 15.8 Å². The third kappa shape index (κ3) is 3.93. The van der Waals surface area contributed by atoms with E-state index in [1.165, 1.54) is 42.5 Å². The molecule has 1 heterocycles. The Bertz CT molecular complexity index is 1060. The number of non-ortho nitro benzene ring substituents is 2. The Balaban J connectivity index is 1.80. The molecular weight excluding hydrogens is 378 g/mol. The second-order valence-corrected chi connectivity index (χ2v) is 5.75. The van der Waals surface area contributed by atoms with Gasteiger partial charge in [-0.25, -0.2) is 0 Å². The number of amides is 1. The molecule has 3 aromatic rings. The minimum absolute atomic E-state index is 0.00279. The summed E-state index contributed by atoms with van der Waals surface area (Å²) in [5, 5.41) is 24.1. The van der Waals surface area contributed by atoms with E-state index in [0.29, 0.717) is 5.56 Å². The highest BCUT2D eigenvalue weighted by molar-refractivity contribution is 6.34. The molecule has 0 saturated heterocycles. The van der Waals surface area contributed by atoms with E-state index in [2.05, 4.69) is 5.32 Å². The Morgan fingerprint density at radius 3 is 2.33 bits per heavy atom. The summed E-state index contributed by atoms with van der Waals surface area (Å²) in [6, 6.07) is 12.3. The summed E-state index contributed by atoms with van der Waals surface area (Å²) >= 11 is 5.94. The molecule has 0 saturated carbocycles. The number of hydrogen-bond acceptors (Lipinski definition) is 6. The summed E-state index contributed by atoms with van der Waals surface area (Å²) < 4.78 is 5.45. The zero-order chi connectivity index (χ0) is 19.6. The SMILES string of the molecule is O=C(Nc1ccc([N+](=O)[O-])cc1Cl)c1ccc(-c2cccc([N+](=O)[O-])c2)o1. The molecule has 0 aliphatic heterocycles. The van der Waals surface area contributed by atoms with Gasteiger partial charge in [-0.2, -0.15) is 0 Å². The number of rotatable bonds is 5. The number of carbonyl (C=O) groups is 1. The van der Waals surface area contributed by atoms with Crippen molar-refractivity contribution in [1.29, 1.82) is 0 Å². The molecule has 1 amide bonds. The Kier molecular flexibility index (Phi) is 4.86. The molecule has 9 nitrogen and oxygen atoms in total. The number of nitro groups is 2. The van der Waals surface area contributed by atoms with Gasteiger partial charge < -0.3 is 9.73 Å². The van der Waals surface area contributed by atoms with Crippen LogP contribution in [0.25, 0.3) is 11.3 Å². The van der Waals surface area contributed by atoms with Crippen LogP contribution in [0.5, 0.6) is 0 Å². The third-order valence-electron chi connectivity index (χ3n) is 3.58. The normalized spacial score (nSPS) is 10.4. The summed E-state index contributed by atoms with van der Waals surface area (Å²) in [7, 11) is 0. The molecule has 0 atom stereocenters. The molecule has 0 bridgehead atoms. The van der Waals surface area contributed by atoms with Crippen molar-refractivity contribution in [2.75, 3.05) is 5.32 Å². The number of nitrogens with one attached hydrogen (secondary N) is 1. The molecule has 3 rings (SSSR count). The van der Waals surface area contributed by atoms with Crippen LogP contribution >= 0.6 is 11.6 Å². The molecule has 0 unspecified atom stereocenters. The Morgan fingerprint density at radius 2 is 1.67 bits per heavy atom. The van der Waals surface area contributed by atoms with E-state index in [1.807, 2.05) is 0 Å². The molecule has 0 aliphatic carbocycles. The quantitative estimate of drug-likeness (QED) is 0.500. The molecule has 0 fully saturated rings. The number of benzene rings is 2. The van der Waals surface area contributed by atoms with Crippen LogP contribution in [0.2, 0.25) is 5.02 Å². The molecule has 0 spiro atoms. The molecule has 1 aromatic heterocycles. The second kappa shape index (κ2) is 7.26. The van der Waals surface area contributed by atoms with Gasteiger partial charge in [0.15, 0.2) is 5.76 Å². The van der Waals surface area contributed by atoms with E-state index in [9.17, 15) is 25.0 Å². The first-order chi connectivity index (χ1) is 12.8. The Hall–Kier alpha value is -3.72. The lowest BCUT2D eigenvalue weighted by atomic mass is 10.1. The van der Waals surface area contributed by atoms with E-state index in [4.69, 9.17) is 16.0 Å². The average molecular weight is 388 g/mol. The number of hydrogen-bond donors (Lipinski definition) is 1. The fourth-order valence-electron chi connectivity index (χ4n) is 2.29. The summed E-state index contributed by atoms with van der Waals surface area (Å²) in [6.07, 6.45) is 0. The van der Waals surface area contributed by atoms with E-state index in [0.717, 1.165) is 6.07 Å². The van der Waals surface area contributed by atoms with Gasteiger partial charge in [0, 0.05) is 29.8 Å². The third-order valence-corrected chi connectivity index (χ3v) is 3.90. The van der Waals surface area contributed by atoms with Gasteiger partial charge in [0.05, 0.1) is 20.6 Å². The number of anilines is 1. The van der Waals surface area contributed by atoms with Crippen LogP contribution in [0.4, 0.5) is 17.1 Å². The lowest BCUT2D eigenvalue weighted by Crippen LogP contribution is -2.11.